The van der Waals surface area contributed by atoms with Crippen LogP contribution in [0.4, 0.5) is 0 Å². The van der Waals surface area contributed by atoms with Crippen molar-refractivity contribution in [3.63, 3.8) is 0 Å². The maximum atomic E-state index is 11.8. The number of rotatable bonds is 10. The molecule has 156 valence electrons. The number of furan rings is 1. The maximum absolute atomic E-state index is 11.8. The van der Waals surface area contributed by atoms with E-state index in [9.17, 15) is 14.4 Å². The molecule has 0 saturated carbocycles. The highest BCUT2D eigenvalue weighted by molar-refractivity contribution is 6.30. The molecule has 1 heterocycles. The Hall–Kier alpha value is -2.80. The van der Waals surface area contributed by atoms with Crippen molar-refractivity contribution >= 4 is 29.4 Å². The summed E-state index contributed by atoms with van der Waals surface area (Å²) in [5, 5.41) is 5.72. The lowest BCUT2D eigenvalue weighted by Gasteiger charge is -2.08. The van der Waals surface area contributed by atoms with Gasteiger partial charge in [-0.2, -0.15) is 0 Å². The smallest absolute Gasteiger partial charge is 0.325 e. The molecule has 0 aliphatic carbocycles. The summed E-state index contributed by atoms with van der Waals surface area (Å²) in [6.45, 7) is 3.51. The van der Waals surface area contributed by atoms with Gasteiger partial charge in [-0.25, -0.2) is 0 Å². The average Bonchev–Trinajstić information content (AvgIpc) is 3.17. The minimum Gasteiger partial charge on any atom is -0.459 e. The van der Waals surface area contributed by atoms with Crippen LogP contribution in [0.3, 0.4) is 0 Å². The zero-order valence-electron chi connectivity index (χ0n) is 16.5. The van der Waals surface area contributed by atoms with Crippen molar-refractivity contribution in [3.05, 3.63) is 47.2 Å². The molecule has 0 spiro atoms. The molecule has 2 rings (SSSR count). The number of hydrogen-bond acceptors (Lipinski definition) is 5. The summed E-state index contributed by atoms with van der Waals surface area (Å²) >= 11 is 5.87. The zero-order chi connectivity index (χ0) is 21.2. The lowest BCUT2D eigenvalue weighted by atomic mass is 10.1. The van der Waals surface area contributed by atoms with Gasteiger partial charge in [-0.1, -0.05) is 25.4 Å². The Morgan fingerprint density at radius 1 is 1.03 bits per heavy atom. The van der Waals surface area contributed by atoms with Gasteiger partial charge in [-0.3, -0.25) is 14.4 Å². The Morgan fingerprint density at radius 3 is 2.45 bits per heavy atom. The molecular formula is C21H25ClN2O5. The second-order valence-corrected chi connectivity index (χ2v) is 7.36. The van der Waals surface area contributed by atoms with Crippen LogP contribution in [0.15, 0.2) is 40.8 Å². The van der Waals surface area contributed by atoms with Crippen LogP contribution in [0.25, 0.3) is 11.3 Å². The van der Waals surface area contributed by atoms with E-state index in [1.807, 2.05) is 26.0 Å². The molecule has 2 aromatic rings. The van der Waals surface area contributed by atoms with Crippen molar-refractivity contribution in [1.82, 2.24) is 10.6 Å². The summed E-state index contributed by atoms with van der Waals surface area (Å²) < 4.78 is 10.5. The summed E-state index contributed by atoms with van der Waals surface area (Å²) in [5.74, 6) is 0.287. The minimum atomic E-state index is -0.666. The summed E-state index contributed by atoms with van der Waals surface area (Å²) in [5.41, 5.74) is 0.872. The van der Waals surface area contributed by atoms with Crippen LogP contribution in [0.2, 0.25) is 5.02 Å². The molecule has 1 aromatic carbocycles. The molecule has 0 aliphatic rings. The van der Waals surface area contributed by atoms with Gasteiger partial charge in [0.15, 0.2) is 6.61 Å². The van der Waals surface area contributed by atoms with E-state index in [0.717, 1.165) is 12.0 Å². The fourth-order valence-corrected chi connectivity index (χ4v) is 2.48. The maximum Gasteiger partial charge on any atom is 0.325 e. The van der Waals surface area contributed by atoms with Gasteiger partial charge in [-0.05, 0) is 48.7 Å². The largest absolute Gasteiger partial charge is 0.459 e. The van der Waals surface area contributed by atoms with Crippen molar-refractivity contribution in [1.29, 1.82) is 0 Å². The Bertz CT molecular complexity index is 830. The van der Waals surface area contributed by atoms with E-state index in [0.29, 0.717) is 28.9 Å². The number of benzene rings is 1. The first-order valence-corrected chi connectivity index (χ1v) is 9.75. The number of halogens is 1. The van der Waals surface area contributed by atoms with Crippen molar-refractivity contribution in [2.24, 2.45) is 5.92 Å². The zero-order valence-corrected chi connectivity index (χ0v) is 17.3. The standard InChI is InChI=1S/C21H25ClN2O5/c1-14(2)3-10-19(25)24-12-21(27)28-13-20(26)23-11-17-8-9-18(29-17)15-4-6-16(22)7-5-15/h4-9,14H,3,10-13H2,1-2H3,(H,23,26)(H,24,25). The predicted molar refractivity (Wildman–Crippen MR) is 109 cm³/mol. The molecule has 8 heteroatoms. The van der Waals surface area contributed by atoms with Gasteiger partial charge in [0.25, 0.3) is 5.91 Å². The number of amides is 2. The van der Waals surface area contributed by atoms with E-state index in [1.54, 1.807) is 24.3 Å². The first-order valence-electron chi connectivity index (χ1n) is 9.37. The lowest BCUT2D eigenvalue weighted by molar-refractivity contribution is -0.148. The normalized spacial score (nSPS) is 10.6. The minimum absolute atomic E-state index is 0.163. The average molecular weight is 421 g/mol. The molecule has 0 fully saturated rings. The summed E-state index contributed by atoms with van der Waals surface area (Å²) in [6, 6.07) is 10.8. The predicted octanol–water partition coefficient (Wildman–Crippen LogP) is 3.31. The topological polar surface area (TPSA) is 97.6 Å². The van der Waals surface area contributed by atoms with Crippen LogP contribution in [0.5, 0.6) is 0 Å². The van der Waals surface area contributed by atoms with E-state index in [4.69, 9.17) is 20.8 Å². The van der Waals surface area contributed by atoms with Crippen LogP contribution in [-0.2, 0) is 25.7 Å². The fourth-order valence-electron chi connectivity index (χ4n) is 2.35. The first kappa shape index (κ1) is 22.5. The number of ether oxygens (including phenoxy) is 1. The van der Waals surface area contributed by atoms with Gasteiger partial charge in [0, 0.05) is 17.0 Å². The molecule has 2 N–H and O–H groups in total. The molecule has 0 bridgehead atoms. The quantitative estimate of drug-likeness (QED) is 0.574. The Balaban J connectivity index is 1.66. The van der Waals surface area contributed by atoms with Gasteiger partial charge < -0.3 is 19.8 Å². The van der Waals surface area contributed by atoms with E-state index >= 15 is 0 Å². The van der Waals surface area contributed by atoms with Crippen LogP contribution >= 0.6 is 11.6 Å². The fraction of sp³-hybridized carbons (Fsp3) is 0.381. The van der Waals surface area contributed by atoms with Gasteiger partial charge >= 0.3 is 5.97 Å². The Morgan fingerprint density at radius 2 is 1.76 bits per heavy atom. The summed E-state index contributed by atoms with van der Waals surface area (Å²) in [7, 11) is 0. The monoisotopic (exact) mass is 420 g/mol. The second kappa shape index (κ2) is 11.3. The van der Waals surface area contributed by atoms with Crippen molar-refractivity contribution in [3.8, 4) is 11.3 Å². The number of carbonyl (C=O) groups excluding carboxylic acids is 3. The second-order valence-electron chi connectivity index (χ2n) is 6.92. The van der Waals surface area contributed by atoms with Crippen LogP contribution in [-0.4, -0.2) is 30.9 Å². The van der Waals surface area contributed by atoms with Crippen molar-refractivity contribution < 1.29 is 23.5 Å². The number of nitrogens with one attached hydrogen (secondary N) is 2. The van der Waals surface area contributed by atoms with E-state index in [1.165, 1.54) is 0 Å². The van der Waals surface area contributed by atoms with E-state index in [-0.39, 0.29) is 19.0 Å². The number of carbonyl (C=O) groups is 3. The van der Waals surface area contributed by atoms with Crippen LogP contribution < -0.4 is 10.6 Å². The molecule has 0 atom stereocenters. The third-order valence-electron chi connectivity index (χ3n) is 3.99. The molecule has 7 nitrogen and oxygen atoms in total. The molecule has 0 saturated heterocycles. The first-order chi connectivity index (χ1) is 13.8. The van der Waals surface area contributed by atoms with E-state index < -0.39 is 18.5 Å². The highest BCUT2D eigenvalue weighted by atomic mass is 35.5. The van der Waals surface area contributed by atoms with Gasteiger partial charge in [0.05, 0.1) is 6.54 Å². The molecule has 29 heavy (non-hydrogen) atoms. The number of esters is 1. The van der Waals surface area contributed by atoms with Crippen LogP contribution in [0, 0.1) is 5.92 Å². The molecule has 0 radical (unpaired) electrons. The highest BCUT2D eigenvalue weighted by Gasteiger charge is 2.11. The van der Waals surface area contributed by atoms with Crippen LogP contribution in [0.1, 0.15) is 32.4 Å². The van der Waals surface area contributed by atoms with Crippen molar-refractivity contribution in [2.75, 3.05) is 13.2 Å². The highest BCUT2D eigenvalue weighted by Crippen LogP contribution is 2.23. The Labute approximate surface area is 174 Å². The van der Waals surface area contributed by atoms with Gasteiger partial charge in [-0.15, -0.1) is 0 Å². The molecule has 0 unspecified atom stereocenters. The molecule has 0 aliphatic heterocycles. The van der Waals surface area contributed by atoms with Crippen molar-refractivity contribution in [2.45, 2.75) is 33.2 Å². The van der Waals surface area contributed by atoms with Gasteiger partial charge in [0.1, 0.15) is 18.1 Å². The van der Waals surface area contributed by atoms with Gasteiger partial charge in [0.2, 0.25) is 5.91 Å². The SMILES string of the molecule is CC(C)CCC(=O)NCC(=O)OCC(=O)NCc1ccc(-c2ccc(Cl)cc2)o1. The molecule has 1 aromatic heterocycles. The molecular weight excluding hydrogens is 396 g/mol. The summed E-state index contributed by atoms with van der Waals surface area (Å²) in [6.07, 6.45) is 1.10. The van der Waals surface area contributed by atoms with E-state index in [2.05, 4.69) is 10.6 Å². The molecule has 2 amide bonds. The third-order valence-corrected chi connectivity index (χ3v) is 4.25. The number of hydrogen-bond donors (Lipinski definition) is 2. The lowest BCUT2D eigenvalue weighted by Crippen LogP contribution is -2.33. The summed E-state index contributed by atoms with van der Waals surface area (Å²) in [4.78, 5) is 35.0. The third kappa shape index (κ3) is 8.39. The Kier molecular flexibility index (Phi) is 8.73.